The number of benzene rings is 8. The van der Waals surface area contributed by atoms with E-state index in [0.717, 1.165) is 28.1 Å². The van der Waals surface area contributed by atoms with Gasteiger partial charge in [0.15, 0.2) is 0 Å². The van der Waals surface area contributed by atoms with Crippen molar-refractivity contribution >= 4 is 32.3 Å². The lowest BCUT2D eigenvalue weighted by Crippen LogP contribution is -2.14. The highest BCUT2D eigenvalue weighted by atomic mass is 14.7. The summed E-state index contributed by atoms with van der Waals surface area (Å²) in [5, 5.41) is 7.37. The van der Waals surface area contributed by atoms with E-state index in [2.05, 4.69) is 184 Å². The summed E-state index contributed by atoms with van der Waals surface area (Å²) in [7, 11) is 0. The Morgan fingerprint density at radius 3 is 1.63 bits per heavy atom. The Bertz CT molecular complexity index is 3140. The van der Waals surface area contributed by atoms with Crippen molar-refractivity contribution in [2.75, 3.05) is 0 Å². The van der Waals surface area contributed by atoms with Gasteiger partial charge in [0.2, 0.25) is 0 Å². The van der Waals surface area contributed by atoms with Gasteiger partial charge < -0.3 is 0 Å². The minimum absolute atomic E-state index is 0.114. The molecule has 1 aliphatic rings. The topological polar surface area (TPSA) is 25.8 Å². The molecule has 0 aliphatic heterocycles. The number of hydrogen-bond donors (Lipinski definition) is 0. The molecule has 2 nitrogen and oxygen atoms in total. The molecule has 10 aromatic rings. The third-order valence-electron chi connectivity index (χ3n) is 12.1. The van der Waals surface area contributed by atoms with Crippen LogP contribution in [0, 0.1) is 0 Å². The molecular weight excluding hydrogens is 689 g/mol. The molecule has 0 bridgehead atoms. The molecule has 8 aromatic carbocycles. The van der Waals surface area contributed by atoms with Gasteiger partial charge in [0.05, 0.1) is 11.4 Å². The Morgan fingerprint density at radius 1 is 0.333 bits per heavy atom. The van der Waals surface area contributed by atoms with Crippen LogP contribution >= 0.6 is 0 Å². The van der Waals surface area contributed by atoms with Crippen molar-refractivity contribution in [3.8, 4) is 67.0 Å². The average molecular weight is 727 g/mol. The molecule has 0 saturated carbocycles. The fourth-order valence-corrected chi connectivity index (χ4v) is 9.43. The van der Waals surface area contributed by atoms with Gasteiger partial charge in [0.1, 0.15) is 0 Å². The second-order valence-electron chi connectivity index (χ2n) is 15.7. The lowest BCUT2D eigenvalue weighted by Gasteiger charge is -2.23. The molecule has 0 unspecified atom stereocenters. The van der Waals surface area contributed by atoms with E-state index in [1.54, 1.807) is 0 Å². The van der Waals surface area contributed by atoms with Gasteiger partial charge in [-0.15, -0.1) is 0 Å². The second-order valence-corrected chi connectivity index (χ2v) is 15.7. The first-order valence-electron chi connectivity index (χ1n) is 19.7. The molecule has 11 rings (SSSR count). The summed E-state index contributed by atoms with van der Waals surface area (Å²) in [5.74, 6) is 0. The molecule has 1 aliphatic carbocycles. The lowest BCUT2D eigenvalue weighted by molar-refractivity contribution is 0.660. The predicted octanol–water partition coefficient (Wildman–Crippen LogP) is 14.6. The Balaban J connectivity index is 1.27. The molecular formula is C55H38N2. The lowest BCUT2D eigenvalue weighted by atomic mass is 9.80. The van der Waals surface area contributed by atoms with Crippen LogP contribution in [0.4, 0.5) is 0 Å². The molecule has 0 amide bonds. The summed E-state index contributed by atoms with van der Waals surface area (Å²) in [6.07, 6.45) is 3.74. The van der Waals surface area contributed by atoms with Crippen molar-refractivity contribution in [3.63, 3.8) is 0 Å². The number of fused-ring (bicyclic) bond motifs is 6. The summed E-state index contributed by atoms with van der Waals surface area (Å²) >= 11 is 0. The smallest absolute Gasteiger partial charge is 0.0702 e. The number of hydrogen-bond acceptors (Lipinski definition) is 2. The van der Waals surface area contributed by atoms with Gasteiger partial charge in [-0.1, -0.05) is 141 Å². The first-order chi connectivity index (χ1) is 28.0. The van der Waals surface area contributed by atoms with Crippen LogP contribution in [0.3, 0.4) is 0 Å². The molecule has 0 saturated heterocycles. The highest BCUT2D eigenvalue weighted by molar-refractivity contribution is 6.23. The van der Waals surface area contributed by atoms with Gasteiger partial charge in [-0.3, -0.25) is 9.97 Å². The van der Waals surface area contributed by atoms with E-state index in [-0.39, 0.29) is 5.41 Å². The molecule has 0 spiro atoms. The van der Waals surface area contributed by atoms with E-state index < -0.39 is 0 Å². The first-order valence-corrected chi connectivity index (χ1v) is 19.7. The SMILES string of the molecule is CC1(C)c2ccccc2-c2c(-c3c4ccccc4c(-c4cc(-c5ccccn5)cc(-c5ccccn5)c4)c4ccc(-c5ccc6ccccc6c5)cc34)cccc21. The van der Waals surface area contributed by atoms with Gasteiger partial charge in [0.25, 0.3) is 0 Å². The highest BCUT2D eigenvalue weighted by Gasteiger charge is 2.37. The van der Waals surface area contributed by atoms with Crippen LogP contribution in [-0.4, -0.2) is 9.97 Å². The zero-order valence-electron chi connectivity index (χ0n) is 31.9. The van der Waals surface area contributed by atoms with E-state index in [1.807, 2.05) is 24.5 Å². The van der Waals surface area contributed by atoms with Gasteiger partial charge in [-0.05, 0) is 143 Å². The number of rotatable bonds is 5. The van der Waals surface area contributed by atoms with E-state index in [1.165, 1.54) is 82.4 Å². The van der Waals surface area contributed by atoms with Crippen LogP contribution in [0.15, 0.2) is 194 Å². The van der Waals surface area contributed by atoms with E-state index in [9.17, 15) is 0 Å². The van der Waals surface area contributed by atoms with Crippen molar-refractivity contribution in [2.24, 2.45) is 0 Å². The standard InChI is InChI=1S/C55H38N2/c1-55(2)48-20-8-7-18-45(48)54-46(19-13-21-49(54)55)53-43-17-6-5-16-42(43)52(44-27-26-38(34-47(44)53)37-25-24-35-14-3-4-15-36(35)30-37)41-32-39(50-22-9-11-28-56-50)31-40(33-41)51-23-10-12-29-57-51/h3-34H,1-2H3. The largest absolute Gasteiger partial charge is 0.256 e. The van der Waals surface area contributed by atoms with Gasteiger partial charge in [0, 0.05) is 28.9 Å². The summed E-state index contributed by atoms with van der Waals surface area (Å²) in [4.78, 5) is 9.61. The van der Waals surface area contributed by atoms with Crippen LogP contribution < -0.4 is 0 Å². The molecule has 0 atom stereocenters. The number of aromatic nitrogens is 2. The Morgan fingerprint density at radius 2 is 0.895 bits per heavy atom. The fourth-order valence-electron chi connectivity index (χ4n) is 9.43. The maximum atomic E-state index is 4.81. The molecule has 2 aromatic heterocycles. The molecule has 268 valence electrons. The summed E-state index contributed by atoms with van der Waals surface area (Å²) in [5.41, 5.74) is 16.5. The minimum Gasteiger partial charge on any atom is -0.256 e. The summed E-state index contributed by atoms with van der Waals surface area (Å²) < 4.78 is 0. The van der Waals surface area contributed by atoms with Crippen molar-refractivity contribution < 1.29 is 0 Å². The fraction of sp³-hybridized carbons (Fsp3) is 0.0545. The molecule has 0 N–H and O–H groups in total. The first kappa shape index (κ1) is 33.2. The Hall–Kier alpha value is -7.16. The van der Waals surface area contributed by atoms with Crippen molar-refractivity contribution in [3.05, 3.63) is 206 Å². The number of nitrogens with zero attached hydrogens (tertiary/aromatic N) is 2. The van der Waals surface area contributed by atoms with Crippen LogP contribution in [0.25, 0.3) is 99.3 Å². The van der Waals surface area contributed by atoms with Crippen molar-refractivity contribution in [1.82, 2.24) is 9.97 Å². The van der Waals surface area contributed by atoms with Crippen molar-refractivity contribution in [1.29, 1.82) is 0 Å². The Kier molecular flexibility index (Phi) is 7.55. The molecule has 0 fully saturated rings. The minimum atomic E-state index is -0.114. The number of pyridine rings is 2. The predicted molar refractivity (Wildman–Crippen MR) is 239 cm³/mol. The van der Waals surface area contributed by atoms with E-state index in [0.29, 0.717) is 0 Å². The molecule has 2 heterocycles. The monoisotopic (exact) mass is 726 g/mol. The Labute approximate surface area is 332 Å². The normalized spacial score (nSPS) is 12.9. The molecule has 57 heavy (non-hydrogen) atoms. The quantitative estimate of drug-likeness (QED) is 0.165. The maximum absolute atomic E-state index is 4.81. The average Bonchev–Trinajstić information content (AvgIpc) is 3.51. The van der Waals surface area contributed by atoms with E-state index >= 15 is 0 Å². The second kappa shape index (κ2) is 13.0. The molecule has 0 radical (unpaired) electrons. The van der Waals surface area contributed by atoms with E-state index in [4.69, 9.17) is 9.97 Å². The summed E-state index contributed by atoms with van der Waals surface area (Å²) in [6.45, 7) is 4.73. The maximum Gasteiger partial charge on any atom is 0.0702 e. The highest BCUT2D eigenvalue weighted by Crippen LogP contribution is 2.55. The zero-order chi connectivity index (χ0) is 38.1. The van der Waals surface area contributed by atoms with Gasteiger partial charge >= 0.3 is 0 Å². The van der Waals surface area contributed by atoms with Gasteiger partial charge in [-0.25, -0.2) is 0 Å². The zero-order valence-corrected chi connectivity index (χ0v) is 31.9. The van der Waals surface area contributed by atoms with Crippen LogP contribution in [0.2, 0.25) is 0 Å². The van der Waals surface area contributed by atoms with Gasteiger partial charge in [-0.2, -0.15) is 0 Å². The third-order valence-corrected chi connectivity index (χ3v) is 12.1. The van der Waals surface area contributed by atoms with Crippen LogP contribution in [0.1, 0.15) is 25.0 Å². The third kappa shape index (κ3) is 5.33. The van der Waals surface area contributed by atoms with Crippen LogP contribution in [-0.2, 0) is 5.41 Å². The molecule has 2 heteroatoms. The summed E-state index contributed by atoms with van der Waals surface area (Å²) in [6, 6.07) is 66.6. The van der Waals surface area contributed by atoms with Crippen molar-refractivity contribution in [2.45, 2.75) is 19.3 Å². The van der Waals surface area contributed by atoms with Crippen LogP contribution in [0.5, 0.6) is 0 Å².